The summed E-state index contributed by atoms with van der Waals surface area (Å²) in [4.78, 5) is 9.55. The quantitative estimate of drug-likeness (QED) is 0.135. The summed E-state index contributed by atoms with van der Waals surface area (Å²) in [6.45, 7) is 29.2. The molecule has 0 fully saturated rings. The second-order valence-corrected chi connectivity index (χ2v) is 20.8. The molecule has 0 unspecified atom stereocenters. The fraction of sp³-hybridized carbons (Fsp3) is 0.267. The molecule has 0 saturated carbocycles. The summed E-state index contributed by atoms with van der Waals surface area (Å²) in [6, 6.07) is 57.5. The number of ether oxygens (including phenoxy) is 1. The minimum absolute atomic E-state index is 0. The molecule has 0 spiro atoms. The average Bonchev–Trinajstić information content (AvgIpc) is 3.78. The topological polar surface area (TPSA) is 33.5 Å². The Labute approximate surface area is 407 Å². The molecule has 340 valence electrons. The van der Waals surface area contributed by atoms with Gasteiger partial charge in [0.2, 0.25) is 0 Å². The third-order valence-electron chi connectivity index (χ3n) is 13.7. The van der Waals surface area contributed by atoms with E-state index < -0.39 is 0 Å². The third-order valence-corrected chi connectivity index (χ3v) is 13.7. The Kier molecular flexibility index (Phi) is 12.3. The van der Waals surface area contributed by atoms with Crippen molar-refractivity contribution in [2.75, 3.05) is 9.80 Å². The molecule has 6 heteroatoms. The smallest absolute Gasteiger partial charge is 0.135 e. The molecule has 1 aliphatic heterocycles. The van der Waals surface area contributed by atoms with Crippen molar-refractivity contribution >= 4 is 33.2 Å². The van der Waals surface area contributed by atoms with Crippen LogP contribution in [0.15, 0.2) is 157 Å². The van der Waals surface area contributed by atoms with Crippen molar-refractivity contribution in [3.05, 3.63) is 209 Å². The van der Waals surface area contributed by atoms with Gasteiger partial charge in [0, 0.05) is 66.8 Å². The van der Waals surface area contributed by atoms with Crippen molar-refractivity contribution in [1.29, 1.82) is 0 Å². The molecule has 9 rings (SSSR count). The summed E-state index contributed by atoms with van der Waals surface area (Å²) in [5, 5.41) is 2.25. The Morgan fingerprint density at radius 2 is 1.11 bits per heavy atom. The predicted octanol–water partition coefficient (Wildman–Crippen LogP) is 15.5. The van der Waals surface area contributed by atoms with Crippen LogP contribution in [0.25, 0.3) is 27.6 Å². The van der Waals surface area contributed by atoms with Crippen LogP contribution in [0.5, 0.6) is 11.5 Å². The van der Waals surface area contributed by atoms with Gasteiger partial charge in [-0.05, 0) is 93.6 Å². The third kappa shape index (κ3) is 8.64. The van der Waals surface area contributed by atoms with Crippen molar-refractivity contribution in [2.24, 2.45) is 0 Å². The van der Waals surface area contributed by atoms with Crippen LogP contribution in [0.2, 0.25) is 0 Å². The van der Waals surface area contributed by atoms with Gasteiger partial charge in [0.25, 0.3) is 0 Å². The van der Waals surface area contributed by atoms with E-state index in [1.165, 1.54) is 27.8 Å². The van der Waals surface area contributed by atoms with Gasteiger partial charge in [0.05, 0.1) is 0 Å². The van der Waals surface area contributed by atoms with E-state index in [2.05, 4.69) is 250 Å². The first-order chi connectivity index (χ1) is 30.8. The summed E-state index contributed by atoms with van der Waals surface area (Å²) < 4.78 is 9.22. The number of benzene rings is 6. The standard InChI is InChI=1S/C60H61N4O.Pt/c1-40-41(2)63(39-62(40)48-25-19-24-44(32-48)57(3,4)5)49-33-47(60(11,12)43-22-17-14-18-23-43)34-51(37-49)65-50-27-28-52-53-35-45(58(6,7)8)26-29-54(53)64(55(52)38-50)56-36-46(30-31-61-56)59(9,10)42-20-15-13-16-21-42;/h13-36,39H,1-12H3;/q-3;. The summed E-state index contributed by atoms with van der Waals surface area (Å²) in [5.41, 5.74) is 13.1. The molecular weight excluding hydrogens is 988 g/mol. The first-order valence-corrected chi connectivity index (χ1v) is 22.9. The molecule has 66 heavy (non-hydrogen) atoms. The number of allylic oxidation sites excluding steroid dienone is 2. The van der Waals surface area contributed by atoms with Gasteiger partial charge < -0.3 is 19.1 Å². The first kappa shape index (κ1) is 46.6. The van der Waals surface area contributed by atoms with Crippen LogP contribution in [0.3, 0.4) is 0 Å². The summed E-state index contributed by atoms with van der Waals surface area (Å²) in [5.74, 6) is 2.06. The Morgan fingerprint density at radius 1 is 0.500 bits per heavy atom. The van der Waals surface area contributed by atoms with E-state index in [0.717, 1.165) is 56.0 Å². The maximum Gasteiger partial charge on any atom is 0.135 e. The molecule has 2 aromatic heterocycles. The molecule has 0 saturated heterocycles. The molecule has 8 aromatic rings. The van der Waals surface area contributed by atoms with Gasteiger partial charge in [-0.25, -0.2) is 4.98 Å². The molecule has 3 heterocycles. The van der Waals surface area contributed by atoms with Crippen LogP contribution in [0.4, 0.5) is 11.4 Å². The van der Waals surface area contributed by atoms with E-state index in [9.17, 15) is 0 Å². The maximum atomic E-state index is 6.97. The molecule has 0 aliphatic carbocycles. The molecule has 6 aromatic carbocycles. The number of anilines is 2. The molecule has 0 bridgehead atoms. The van der Waals surface area contributed by atoms with Crippen molar-refractivity contribution in [2.45, 2.75) is 105 Å². The first-order valence-electron chi connectivity index (χ1n) is 22.9. The predicted molar refractivity (Wildman–Crippen MR) is 271 cm³/mol. The molecule has 1 aliphatic rings. The van der Waals surface area contributed by atoms with Crippen molar-refractivity contribution in [1.82, 2.24) is 9.55 Å². The Balaban J connectivity index is 0.00000592. The SMILES string of the molecule is CC1=C(C)N(c2cccc(C(C)(C)C)c2)[CH-]N1c1[c-]c(Oc2[c-]c3c(cc2)c2cc(C(C)(C)C)ccc2n3-c2cc(C(C)(C)c3ccccc3)ccn2)cc(C(C)(C)c2ccccc2)c1.[Pt]. The average molecular weight is 1050 g/mol. The zero-order chi connectivity index (χ0) is 46.1. The van der Waals surface area contributed by atoms with E-state index in [0.29, 0.717) is 11.5 Å². The second-order valence-electron chi connectivity index (χ2n) is 20.8. The maximum absolute atomic E-state index is 6.97. The molecular formula is C60H61N4OPt-3. The summed E-state index contributed by atoms with van der Waals surface area (Å²) >= 11 is 0. The van der Waals surface area contributed by atoms with Crippen LogP contribution in [-0.4, -0.2) is 9.55 Å². The van der Waals surface area contributed by atoms with Crippen LogP contribution in [0.1, 0.15) is 116 Å². The van der Waals surface area contributed by atoms with Gasteiger partial charge in [-0.15, -0.1) is 53.6 Å². The summed E-state index contributed by atoms with van der Waals surface area (Å²) in [6.07, 6.45) is 1.93. The van der Waals surface area contributed by atoms with Crippen molar-refractivity contribution < 1.29 is 25.8 Å². The van der Waals surface area contributed by atoms with E-state index in [1.54, 1.807) is 0 Å². The Bertz CT molecular complexity index is 3090. The Morgan fingerprint density at radius 3 is 1.76 bits per heavy atom. The molecule has 0 radical (unpaired) electrons. The molecule has 0 N–H and O–H groups in total. The molecule has 5 nitrogen and oxygen atoms in total. The minimum Gasteiger partial charge on any atom is -0.509 e. The number of rotatable bonds is 9. The number of pyridine rings is 1. The zero-order valence-electron chi connectivity index (χ0n) is 40.4. The van der Waals surface area contributed by atoms with E-state index in [1.807, 2.05) is 12.3 Å². The van der Waals surface area contributed by atoms with Crippen LogP contribution >= 0.6 is 0 Å². The molecule has 0 atom stereocenters. The monoisotopic (exact) mass is 1050 g/mol. The van der Waals surface area contributed by atoms with Crippen LogP contribution < -0.4 is 14.5 Å². The fourth-order valence-electron chi connectivity index (χ4n) is 9.12. The molecule has 0 amide bonds. The minimum atomic E-state index is -0.342. The second kappa shape index (κ2) is 17.4. The largest absolute Gasteiger partial charge is 0.509 e. The number of fused-ring (bicyclic) bond motifs is 3. The van der Waals surface area contributed by atoms with Gasteiger partial charge >= 0.3 is 0 Å². The van der Waals surface area contributed by atoms with Gasteiger partial charge in [0.15, 0.2) is 0 Å². The van der Waals surface area contributed by atoms with Crippen LogP contribution in [0, 0.1) is 18.8 Å². The van der Waals surface area contributed by atoms with Crippen LogP contribution in [-0.2, 0) is 42.7 Å². The fourth-order valence-corrected chi connectivity index (χ4v) is 9.12. The van der Waals surface area contributed by atoms with Gasteiger partial charge in [-0.2, -0.15) is 6.07 Å². The number of nitrogens with zero attached hydrogens (tertiary/aromatic N) is 4. The summed E-state index contributed by atoms with van der Waals surface area (Å²) in [7, 11) is 0. The van der Waals surface area contributed by atoms with Gasteiger partial charge in [-0.1, -0.05) is 160 Å². The van der Waals surface area contributed by atoms with Crippen molar-refractivity contribution in [3.8, 4) is 17.3 Å². The van der Waals surface area contributed by atoms with E-state index >= 15 is 0 Å². The van der Waals surface area contributed by atoms with E-state index in [4.69, 9.17) is 9.72 Å². The van der Waals surface area contributed by atoms with E-state index in [-0.39, 0.29) is 42.7 Å². The number of hydrogen-bond donors (Lipinski definition) is 0. The number of hydrogen-bond acceptors (Lipinski definition) is 4. The normalized spacial score (nSPS) is 13.8. The van der Waals surface area contributed by atoms with Gasteiger partial charge in [-0.3, -0.25) is 0 Å². The van der Waals surface area contributed by atoms with Crippen molar-refractivity contribution in [3.63, 3.8) is 0 Å². The van der Waals surface area contributed by atoms with Gasteiger partial charge in [0.1, 0.15) is 5.82 Å². The Hall–Kier alpha value is -5.90. The number of aromatic nitrogens is 2. The zero-order valence-corrected chi connectivity index (χ0v) is 42.7.